The first-order chi connectivity index (χ1) is 14.9. The normalized spacial score (nSPS) is 16.3. The molecule has 1 aromatic heterocycles. The molecule has 1 fully saturated rings. The number of nitrogens with one attached hydrogen (secondary N) is 1. The second-order valence-corrected chi connectivity index (χ2v) is 7.88. The zero-order chi connectivity index (χ0) is 22.4. The smallest absolute Gasteiger partial charge is 0.228 e. The van der Waals surface area contributed by atoms with Gasteiger partial charge in [-0.3, -0.25) is 9.59 Å². The maximum atomic E-state index is 13.0. The Bertz CT molecular complexity index is 910. The Morgan fingerprint density at radius 3 is 2.52 bits per heavy atom. The van der Waals surface area contributed by atoms with Crippen LogP contribution < -0.4 is 5.32 Å². The van der Waals surface area contributed by atoms with E-state index in [1.165, 1.54) is 24.3 Å². The summed E-state index contributed by atoms with van der Waals surface area (Å²) in [6.07, 6.45) is 2.36. The van der Waals surface area contributed by atoms with Crippen LogP contribution in [-0.2, 0) is 20.7 Å². The predicted octanol–water partition coefficient (Wildman–Crippen LogP) is 3.16. The molecule has 1 N–H and O–H groups in total. The van der Waals surface area contributed by atoms with E-state index in [1.54, 1.807) is 7.11 Å². The van der Waals surface area contributed by atoms with Crippen LogP contribution in [0.2, 0.25) is 0 Å². The van der Waals surface area contributed by atoms with Crippen LogP contribution in [-0.4, -0.2) is 53.5 Å². The third-order valence-electron chi connectivity index (χ3n) is 5.56. The van der Waals surface area contributed by atoms with Crippen LogP contribution in [0.5, 0.6) is 0 Å². The summed E-state index contributed by atoms with van der Waals surface area (Å²) in [5.41, 5.74) is 2.85. The van der Waals surface area contributed by atoms with Crippen LogP contribution in [0.4, 0.5) is 10.1 Å². The molecule has 1 aliphatic rings. The lowest BCUT2D eigenvalue weighted by Crippen LogP contribution is -2.40. The SMILES string of the molecule is COCCC(=O)N1CCC[C@H](c2nc(C)c(CC(=O)Nc3ccc(F)cc3)c(C)n2)C1. The molecule has 2 aromatic rings. The summed E-state index contributed by atoms with van der Waals surface area (Å²) in [6, 6.07) is 5.65. The summed E-state index contributed by atoms with van der Waals surface area (Å²) in [4.78, 5) is 36.0. The minimum atomic E-state index is -0.352. The number of amides is 2. The van der Waals surface area contributed by atoms with Crippen molar-refractivity contribution in [1.29, 1.82) is 0 Å². The molecule has 0 bridgehead atoms. The Morgan fingerprint density at radius 1 is 1.19 bits per heavy atom. The van der Waals surface area contributed by atoms with Gasteiger partial charge in [-0.15, -0.1) is 0 Å². The van der Waals surface area contributed by atoms with Gasteiger partial charge in [-0.25, -0.2) is 14.4 Å². The van der Waals surface area contributed by atoms with Crippen LogP contribution in [0.25, 0.3) is 0 Å². The lowest BCUT2D eigenvalue weighted by atomic mass is 9.96. The second kappa shape index (κ2) is 10.4. The number of aromatic nitrogens is 2. The number of rotatable bonds is 7. The van der Waals surface area contributed by atoms with E-state index in [0.717, 1.165) is 42.2 Å². The molecule has 7 nitrogen and oxygen atoms in total. The quantitative estimate of drug-likeness (QED) is 0.732. The molecule has 0 aliphatic carbocycles. The van der Waals surface area contributed by atoms with E-state index in [2.05, 4.69) is 15.3 Å². The number of methoxy groups -OCH3 is 1. The van der Waals surface area contributed by atoms with E-state index in [0.29, 0.717) is 25.3 Å². The van der Waals surface area contributed by atoms with Gasteiger partial charge < -0.3 is 15.0 Å². The number of benzene rings is 1. The highest BCUT2D eigenvalue weighted by Gasteiger charge is 2.27. The number of halogens is 1. The summed E-state index contributed by atoms with van der Waals surface area (Å²) in [6.45, 7) is 5.53. The monoisotopic (exact) mass is 428 g/mol. The van der Waals surface area contributed by atoms with Crippen molar-refractivity contribution in [2.24, 2.45) is 0 Å². The van der Waals surface area contributed by atoms with E-state index in [-0.39, 0.29) is 30.0 Å². The van der Waals surface area contributed by atoms with Crippen molar-refractivity contribution in [3.63, 3.8) is 0 Å². The minimum absolute atomic E-state index is 0.0831. The molecular formula is C23H29FN4O3. The van der Waals surface area contributed by atoms with E-state index in [1.807, 2.05) is 18.7 Å². The number of anilines is 1. The third-order valence-corrected chi connectivity index (χ3v) is 5.56. The summed E-state index contributed by atoms with van der Waals surface area (Å²) < 4.78 is 18.0. The summed E-state index contributed by atoms with van der Waals surface area (Å²) in [7, 11) is 1.59. The maximum Gasteiger partial charge on any atom is 0.228 e. The van der Waals surface area contributed by atoms with Gasteiger partial charge in [-0.1, -0.05) is 0 Å². The number of carbonyl (C=O) groups is 2. The largest absolute Gasteiger partial charge is 0.384 e. The van der Waals surface area contributed by atoms with Crippen molar-refractivity contribution >= 4 is 17.5 Å². The molecule has 2 heterocycles. The minimum Gasteiger partial charge on any atom is -0.384 e. The van der Waals surface area contributed by atoms with Crippen LogP contribution in [0.1, 0.15) is 48.0 Å². The van der Waals surface area contributed by atoms with Gasteiger partial charge in [-0.05, 0) is 51.0 Å². The van der Waals surface area contributed by atoms with E-state index in [4.69, 9.17) is 4.74 Å². The maximum absolute atomic E-state index is 13.0. The lowest BCUT2D eigenvalue weighted by molar-refractivity contribution is -0.133. The zero-order valence-electron chi connectivity index (χ0n) is 18.3. The Kier molecular flexibility index (Phi) is 7.68. The first-order valence-corrected chi connectivity index (χ1v) is 10.5. The molecule has 3 rings (SSSR count). The fraction of sp³-hybridized carbons (Fsp3) is 0.478. The number of aryl methyl sites for hydroxylation is 2. The van der Waals surface area contributed by atoms with Crippen LogP contribution in [0.3, 0.4) is 0 Å². The fourth-order valence-corrected chi connectivity index (χ4v) is 3.86. The number of nitrogens with zero attached hydrogens (tertiary/aromatic N) is 3. The lowest BCUT2D eigenvalue weighted by Gasteiger charge is -2.32. The Balaban J connectivity index is 1.67. The molecule has 0 unspecified atom stereocenters. The van der Waals surface area contributed by atoms with Crippen molar-refractivity contribution < 1.29 is 18.7 Å². The zero-order valence-corrected chi connectivity index (χ0v) is 18.3. The number of piperidine rings is 1. The van der Waals surface area contributed by atoms with Crippen LogP contribution in [0, 0.1) is 19.7 Å². The number of carbonyl (C=O) groups excluding carboxylic acids is 2. The van der Waals surface area contributed by atoms with Gasteiger partial charge in [0.15, 0.2) is 0 Å². The van der Waals surface area contributed by atoms with E-state index in [9.17, 15) is 14.0 Å². The fourth-order valence-electron chi connectivity index (χ4n) is 3.86. The van der Waals surface area contributed by atoms with Crippen molar-refractivity contribution in [3.8, 4) is 0 Å². The number of hydrogen-bond donors (Lipinski definition) is 1. The molecule has 31 heavy (non-hydrogen) atoms. The highest BCUT2D eigenvalue weighted by atomic mass is 19.1. The van der Waals surface area contributed by atoms with Crippen molar-refractivity contribution in [3.05, 3.63) is 52.9 Å². The molecule has 1 aliphatic heterocycles. The number of likely N-dealkylation sites (tertiary alicyclic amines) is 1. The predicted molar refractivity (Wildman–Crippen MR) is 115 cm³/mol. The molecule has 166 valence electrons. The highest BCUT2D eigenvalue weighted by molar-refractivity contribution is 5.92. The van der Waals surface area contributed by atoms with Gasteiger partial charge in [0, 0.05) is 48.8 Å². The van der Waals surface area contributed by atoms with E-state index < -0.39 is 0 Å². The van der Waals surface area contributed by atoms with Gasteiger partial charge in [0.2, 0.25) is 11.8 Å². The summed E-state index contributed by atoms with van der Waals surface area (Å²) in [5.74, 6) is 0.341. The Labute approximate surface area is 182 Å². The van der Waals surface area contributed by atoms with Gasteiger partial charge >= 0.3 is 0 Å². The van der Waals surface area contributed by atoms with Gasteiger partial charge in [-0.2, -0.15) is 0 Å². The molecule has 0 saturated carbocycles. The Hall–Kier alpha value is -2.87. The molecule has 0 radical (unpaired) electrons. The molecule has 8 heteroatoms. The number of hydrogen-bond acceptors (Lipinski definition) is 5. The Morgan fingerprint density at radius 2 is 1.87 bits per heavy atom. The van der Waals surface area contributed by atoms with E-state index >= 15 is 0 Å². The van der Waals surface area contributed by atoms with Gasteiger partial charge in [0.1, 0.15) is 11.6 Å². The molecule has 0 spiro atoms. The van der Waals surface area contributed by atoms with Crippen molar-refractivity contribution in [1.82, 2.24) is 14.9 Å². The van der Waals surface area contributed by atoms with Gasteiger partial charge in [0.05, 0.1) is 19.4 Å². The van der Waals surface area contributed by atoms with Crippen LogP contribution >= 0.6 is 0 Å². The second-order valence-electron chi connectivity index (χ2n) is 7.88. The topological polar surface area (TPSA) is 84.4 Å². The molecule has 1 saturated heterocycles. The first-order valence-electron chi connectivity index (χ1n) is 10.5. The number of ether oxygens (including phenoxy) is 1. The standard InChI is InChI=1S/C23H29FN4O3/c1-15-20(13-21(29)27-19-8-6-18(24)7-9-19)16(2)26-23(25-15)17-5-4-11-28(14-17)22(30)10-12-31-3/h6-9,17H,4-5,10-14H2,1-3H3,(H,27,29)/t17-/m0/s1. The average molecular weight is 429 g/mol. The average Bonchev–Trinajstić information content (AvgIpc) is 2.76. The molecular weight excluding hydrogens is 399 g/mol. The van der Waals surface area contributed by atoms with Crippen molar-refractivity contribution in [2.45, 2.75) is 45.4 Å². The molecule has 1 aromatic carbocycles. The summed E-state index contributed by atoms with van der Waals surface area (Å²) in [5, 5.41) is 2.77. The highest BCUT2D eigenvalue weighted by Crippen LogP contribution is 2.26. The summed E-state index contributed by atoms with van der Waals surface area (Å²) >= 11 is 0. The first kappa shape index (κ1) is 22.8. The van der Waals surface area contributed by atoms with Gasteiger partial charge in [0.25, 0.3) is 0 Å². The van der Waals surface area contributed by atoms with Crippen molar-refractivity contribution in [2.75, 3.05) is 32.1 Å². The molecule has 1 atom stereocenters. The molecule has 2 amide bonds. The van der Waals surface area contributed by atoms with Crippen LogP contribution in [0.15, 0.2) is 24.3 Å². The third kappa shape index (κ3) is 6.07.